The Morgan fingerprint density at radius 2 is 1.61 bits per heavy atom. The lowest BCUT2D eigenvalue weighted by Gasteiger charge is -2.23. The number of carbonyl (C=O) groups excluding carboxylic acids is 2. The van der Waals surface area contributed by atoms with Gasteiger partial charge < -0.3 is 16.0 Å². The van der Waals surface area contributed by atoms with Crippen molar-refractivity contribution in [1.82, 2.24) is 5.32 Å². The van der Waals surface area contributed by atoms with E-state index in [4.69, 9.17) is 0 Å². The molecular formula is C18H25N3O2. The first-order valence-electron chi connectivity index (χ1n) is 8.61. The summed E-state index contributed by atoms with van der Waals surface area (Å²) < 4.78 is 0. The Morgan fingerprint density at radius 3 is 2.26 bits per heavy atom. The number of benzene rings is 1. The first-order valence-corrected chi connectivity index (χ1v) is 8.61. The van der Waals surface area contributed by atoms with Crippen LogP contribution in [0.2, 0.25) is 0 Å². The highest BCUT2D eigenvalue weighted by Crippen LogP contribution is 2.31. The lowest BCUT2D eigenvalue weighted by atomic mass is 9.96. The molecule has 0 radical (unpaired) electrons. The lowest BCUT2D eigenvalue weighted by Crippen LogP contribution is -2.39. The SMILES string of the molecule is Cc1c(NC(=O)NC2CCCCC2)cccc1NC(=O)C1CC1. The van der Waals surface area contributed by atoms with Crippen molar-refractivity contribution in [3.05, 3.63) is 23.8 Å². The van der Waals surface area contributed by atoms with Gasteiger partial charge >= 0.3 is 6.03 Å². The third-order valence-corrected chi connectivity index (χ3v) is 4.73. The summed E-state index contributed by atoms with van der Waals surface area (Å²) in [7, 11) is 0. The van der Waals surface area contributed by atoms with Crippen LogP contribution in [0.5, 0.6) is 0 Å². The molecule has 0 bridgehead atoms. The second kappa shape index (κ2) is 7.02. The summed E-state index contributed by atoms with van der Waals surface area (Å²) >= 11 is 0. The number of urea groups is 1. The predicted octanol–water partition coefficient (Wildman–Crippen LogP) is 3.80. The molecule has 0 unspecified atom stereocenters. The third-order valence-electron chi connectivity index (χ3n) is 4.73. The van der Waals surface area contributed by atoms with Gasteiger partial charge in [-0.25, -0.2) is 4.79 Å². The Bertz CT molecular complexity index is 590. The van der Waals surface area contributed by atoms with Crippen LogP contribution in [0.1, 0.15) is 50.5 Å². The zero-order valence-electron chi connectivity index (χ0n) is 13.7. The molecule has 5 heteroatoms. The Labute approximate surface area is 137 Å². The van der Waals surface area contributed by atoms with Crippen LogP contribution in [0, 0.1) is 12.8 Å². The topological polar surface area (TPSA) is 70.2 Å². The minimum absolute atomic E-state index is 0.0805. The van der Waals surface area contributed by atoms with E-state index >= 15 is 0 Å². The van der Waals surface area contributed by atoms with Crippen LogP contribution >= 0.6 is 0 Å². The van der Waals surface area contributed by atoms with E-state index in [0.717, 1.165) is 42.6 Å². The van der Waals surface area contributed by atoms with Crippen LogP contribution < -0.4 is 16.0 Å². The molecule has 2 aliphatic rings. The smallest absolute Gasteiger partial charge is 0.319 e. The fourth-order valence-corrected chi connectivity index (χ4v) is 3.08. The Hall–Kier alpha value is -2.04. The van der Waals surface area contributed by atoms with Gasteiger partial charge in [0.05, 0.1) is 0 Å². The van der Waals surface area contributed by atoms with E-state index in [2.05, 4.69) is 16.0 Å². The minimum atomic E-state index is -0.161. The summed E-state index contributed by atoms with van der Waals surface area (Å²) in [6.07, 6.45) is 7.72. The molecule has 23 heavy (non-hydrogen) atoms. The summed E-state index contributed by atoms with van der Waals surface area (Å²) in [6.45, 7) is 1.92. The Balaban J connectivity index is 1.60. The van der Waals surface area contributed by atoms with E-state index in [1.54, 1.807) is 0 Å². The highest BCUT2D eigenvalue weighted by molar-refractivity contribution is 5.97. The standard InChI is InChI=1S/C18H25N3O2/c1-12-15(20-17(22)13-10-11-13)8-5-9-16(12)21-18(23)19-14-6-3-2-4-7-14/h5,8-9,13-14H,2-4,6-7,10-11H2,1H3,(H,20,22)(H2,19,21,23). The third kappa shape index (κ3) is 4.24. The van der Waals surface area contributed by atoms with Crippen LogP contribution in [-0.4, -0.2) is 18.0 Å². The molecular weight excluding hydrogens is 290 g/mol. The number of amides is 3. The van der Waals surface area contributed by atoms with Crippen molar-refractivity contribution in [2.45, 2.75) is 57.9 Å². The van der Waals surface area contributed by atoms with E-state index in [-0.39, 0.29) is 23.9 Å². The number of hydrogen-bond donors (Lipinski definition) is 3. The van der Waals surface area contributed by atoms with Gasteiger partial charge in [-0.2, -0.15) is 0 Å². The molecule has 2 aliphatic carbocycles. The van der Waals surface area contributed by atoms with Crippen molar-refractivity contribution in [1.29, 1.82) is 0 Å². The molecule has 3 rings (SSSR count). The highest BCUT2D eigenvalue weighted by Gasteiger charge is 2.29. The Morgan fingerprint density at radius 1 is 0.957 bits per heavy atom. The summed E-state index contributed by atoms with van der Waals surface area (Å²) in [6, 6.07) is 5.71. The van der Waals surface area contributed by atoms with Crippen molar-refractivity contribution in [2.24, 2.45) is 5.92 Å². The average Bonchev–Trinajstić information content (AvgIpc) is 3.37. The van der Waals surface area contributed by atoms with Gasteiger partial charge in [-0.05, 0) is 50.3 Å². The molecule has 1 aromatic carbocycles. The Kier molecular flexibility index (Phi) is 4.84. The largest absolute Gasteiger partial charge is 0.335 e. The first-order chi connectivity index (χ1) is 11.1. The van der Waals surface area contributed by atoms with Crippen molar-refractivity contribution in [3.63, 3.8) is 0 Å². The second-order valence-electron chi connectivity index (χ2n) is 6.68. The van der Waals surface area contributed by atoms with Crippen molar-refractivity contribution < 1.29 is 9.59 Å². The van der Waals surface area contributed by atoms with Gasteiger partial charge in [0.2, 0.25) is 5.91 Å². The number of nitrogens with one attached hydrogen (secondary N) is 3. The van der Waals surface area contributed by atoms with E-state index in [9.17, 15) is 9.59 Å². The maximum Gasteiger partial charge on any atom is 0.319 e. The molecule has 3 N–H and O–H groups in total. The molecule has 5 nitrogen and oxygen atoms in total. The van der Waals surface area contributed by atoms with Crippen molar-refractivity contribution in [2.75, 3.05) is 10.6 Å². The zero-order chi connectivity index (χ0) is 16.2. The van der Waals surface area contributed by atoms with Gasteiger partial charge in [0.15, 0.2) is 0 Å². The fraction of sp³-hybridized carbons (Fsp3) is 0.556. The van der Waals surface area contributed by atoms with E-state index in [0.29, 0.717) is 0 Å². The summed E-state index contributed by atoms with van der Waals surface area (Å²) in [4.78, 5) is 24.1. The van der Waals surface area contributed by atoms with Crippen LogP contribution in [0.4, 0.5) is 16.2 Å². The van der Waals surface area contributed by atoms with Crippen LogP contribution in [0.3, 0.4) is 0 Å². The molecule has 2 saturated carbocycles. The highest BCUT2D eigenvalue weighted by atomic mass is 16.2. The van der Waals surface area contributed by atoms with E-state index in [1.807, 2.05) is 25.1 Å². The number of carbonyl (C=O) groups is 2. The molecule has 0 spiro atoms. The maximum absolute atomic E-state index is 12.2. The van der Waals surface area contributed by atoms with Crippen molar-refractivity contribution >= 4 is 23.3 Å². The van der Waals surface area contributed by atoms with Gasteiger partial charge in [0.1, 0.15) is 0 Å². The lowest BCUT2D eigenvalue weighted by molar-refractivity contribution is -0.117. The van der Waals surface area contributed by atoms with E-state index in [1.165, 1.54) is 19.3 Å². The number of hydrogen-bond acceptors (Lipinski definition) is 2. The summed E-state index contributed by atoms with van der Waals surface area (Å²) in [5, 5.41) is 8.92. The van der Waals surface area contributed by atoms with Crippen LogP contribution in [-0.2, 0) is 4.79 Å². The first kappa shape index (κ1) is 15.8. The monoisotopic (exact) mass is 315 g/mol. The molecule has 124 valence electrons. The van der Waals surface area contributed by atoms with Gasteiger partial charge in [0, 0.05) is 23.3 Å². The van der Waals surface area contributed by atoms with Crippen molar-refractivity contribution in [3.8, 4) is 0 Å². The van der Waals surface area contributed by atoms with Gasteiger partial charge in [0.25, 0.3) is 0 Å². The zero-order valence-corrected chi connectivity index (χ0v) is 13.7. The minimum Gasteiger partial charge on any atom is -0.335 e. The maximum atomic E-state index is 12.2. The number of anilines is 2. The molecule has 2 fully saturated rings. The van der Waals surface area contributed by atoms with Gasteiger partial charge in [-0.3, -0.25) is 4.79 Å². The second-order valence-corrected chi connectivity index (χ2v) is 6.68. The molecule has 0 atom stereocenters. The number of rotatable bonds is 4. The van der Waals surface area contributed by atoms with Gasteiger partial charge in [-0.1, -0.05) is 25.3 Å². The summed E-state index contributed by atoms with van der Waals surface area (Å²) in [5.74, 6) is 0.248. The molecule has 0 aromatic heterocycles. The average molecular weight is 315 g/mol. The predicted molar refractivity (Wildman–Crippen MR) is 91.6 cm³/mol. The molecule has 0 heterocycles. The van der Waals surface area contributed by atoms with Crippen LogP contribution in [0.25, 0.3) is 0 Å². The van der Waals surface area contributed by atoms with Crippen LogP contribution in [0.15, 0.2) is 18.2 Å². The molecule has 0 saturated heterocycles. The quantitative estimate of drug-likeness (QED) is 0.791. The van der Waals surface area contributed by atoms with E-state index < -0.39 is 0 Å². The molecule has 0 aliphatic heterocycles. The summed E-state index contributed by atoms with van der Waals surface area (Å²) in [5.41, 5.74) is 2.41. The van der Waals surface area contributed by atoms with Gasteiger partial charge in [-0.15, -0.1) is 0 Å². The normalized spacial score (nSPS) is 18.3. The fourth-order valence-electron chi connectivity index (χ4n) is 3.08. The molecule has 1 aromatic rings. The molecule has 3 amide bonds.